The number of halogens is 3. The van der Waals surface area contributed by atoms with Gasteiger partial charge in [0.2, 0.25) is 0 Å². The number of hydrogen-bond acceptors (Lipinski definition) is 1. The molecule has 0 aromatic rings. The molecule has 0 aromatic heterocycles. The van der Waals surface area contributed by atoms with Gasteiger partial charge in [0.1, 0.15) is 0 Å². The molecule has 0 aliphatic carbocycles. The highest BCUT2D eigenvalue weighted by molar-refractivity contribution is 4.58. The number of aliphatic hydroxyl groups is 1. The predicted octanol–water partition coefficient (Wildman–Crippen LogP) is 1.71. The second-order valence-corrected chi connectivity index (χ2v) is 1.88. The third kappa shape index (κ3) is 5.62. The highest BCUT2D eigenvalue weighted by Crippen LogP contribution is 2.22. The molecule has 0 saturated carbocycles. The Bertz CT molecular complexity index is 78.8. The fourth-order valence-corrected chi connectivity index (χ4v) is 0.412. The third-order valence-electron chi connectivity index (χ3n) is 0.938. The van der Waals surface area contributed by atoms with Gasteiger partial charge < -0.3 is 5.11 Å². The number of aliphatic hydroxyl groups excluding tert-OH is 1. The fourth-order valence-electron chi connectivity index (χ4n) is 0.412. The van der Waals surface area contributed by atoms with Gasteiger partial charge in [0.25, 0.3) is 0 Å². The molecule has 0 saturated heterocycles. The van der Waals surface area contributed by atoms with Crippen molar-refractivity contribution in [2.45, 2.75) is 32.0 Å². The number of rotatable bonds is 2. The molecule has 9 heavy (non-hydrogen) atoms. The summed E-state index contributed by atoms with van der Waals surface area (Å²) in [5.74, 6) is 0. The molecule has 0 unspecified atom stereocenters. The minimum absolute atomic E-state index is 0.152. The van der Waals surface area contributed by atoms with E-state index in [1.807, 2.05) is 0 Å². The van der Waals surface area contributed by atoms with E-state index >= 15 is 0 Å². The maximum atomic E-state index is 11.3. The SMILES string of the molecule is CC[C@@H](O)CC(F)(F)F. The smallest absolute Gasteiger partial charge is 0.391 e. The molecule has 0 aliphatic heterocycles. The van der Waals surface area contributed by atoms with Gasteiger partial charge in [-0.3, -0.25) is 0 Å². The molecule has 0 heterocycles. The van der Waals surface area contributed by atoms with E-state index in [2.05, 4.69) is 0 Å². The average molecular weight is 142 g/mol. The van der Waals surface area contributed by atoms with Crippen molar-refractivity contribution in [2.24, 2.45) is 0 Å². The van der Waals surface area contributed by atoms with Crippen molar-refractivity contribution in [2.75, 3.05) is 0 Å². The Morgan fingerprint density at radius 2 is 1.89 bits per heavy atom. The largest absolute Gasteiger partial charge is 0.393 e. The first-order valence-electron chi connectivity index (χ1n) is 2.70. The van der Waals surface area contributed by atoms with Crippen molar-refractivity contribution >= 4 is 0 Å². The molecule has 0 rings (SSSR count). The van der Waals surface area contributed by atoms with Crippen LogP contribution in [0.1, 0.15) is 19.8 Å². The summed E-state index contributed by atoms with van der Waals surface area (Å²) in [5, 5.41) is 8.47. The van der Waals surface area contributed by atoms with E-state index in [1.54, 1.807) is 0 Å². The van der Waals surface area contributed by atoms with Gasteiger partial charge in [-0.05, 0) is 6.42 Å². The molecule has 0 fully saturated rings. The van der Waals surface area contributed by atoms with Crippen molar-refractivity contribution in [3.63, 3.8) is 0 Å². The zero-order chi connectivity index (χ0) is 7.49. The van der Waals surface area contributed by atoms with E-state index in [9.17, 15) is 13.2 Å². The van der Waals surface area contributed by atoms with Crippen molar-refractivity contribution in [1.29, 1.82) is 0 Å². The maximum absolute atomic E-state index is 11.3. The Morgan fingerprint density at radius 3 is 2.00 bits per heavy atom. The van der Waals surface area contributed by atoms with Crippen LogP contribution in [0.3, 0.4) is 0 Å². The van der Waals surface area contributed by atoms with Crippen LogP contribution >= 0.6 is 0 Å². The summed E-state index contributed by atoms with van der Waals surface area (Å²) < 4.78 is 34.0. The van der Waals surface area contributed by atoms with Gasteiger partial charge in [-0.15, -0.1) is 0 Å². The van der Waals surface area contributed by atoms with Crippen LogP contribution in [0.5, 0.6) is 0 Å². The Kier molecular flexibility index (Phi) is 2.97. The minimum Gasteiger partial charge on any atom is -0.393 e. The van der Waals surface area contributed by atoms with Crippen molar-refractivity contribution in [3.05, 3.63) is 0 Å². The molecule has 0 amide bonds. The van der Waals surface area contributed by atoms with Gasteiger partial charge in [0, 0.05) is 0 Å². The van der Waals surface area contributed by atoms with Crippen molar-refractivity contribution < 1.29 is 18.3 Å². The zero-order valence-corrected chi connectivity index (χ0v) is 5.07. The second-order valence-electron chi connectivity index (χ2n) is 1.88. The van der Waals surface area contributed by atoms with E-state index in [-0.39, 0.29) is 6.42 Å². The molecule has 0 aromatic carbocycles. The van der Waals surface area contributed by atoms with Gasteiger partial charge in [-0.1, -0.05) is 6.92 Å². The Hall–Kier alpha value is -0.250. The number of hydrogen-bond donors (Lipinski definition) is 1. The molecule has 0 aliphatic rings. The lowest BCUT2D eigenvalue weighted by atomic mass is 10.2. The summed E-state index contributed by atoms with van der Waals surface area (Å²) in [4.78, 5) is 0. The monoisotopic (exact) mass is 142 g/mol. The molecule has 1 nitrogen and oxygen atoms in total. The summed E-state index contributed by atoms with van der Waals surface area (Å²) in [5.41, 5.74) is 0. The van der Waals surface area contributed by atoms with E-state index in [0.717, 1.165) is 0 Å². The molecule has 0 spiro atoms. The topological polar surface area (TPSA) is 20.2 Å². The van der Waals surface area contributed by atoms with Gasteiger partial charge in [-0.25, -0.2) is 0 Å². The molecule has 56 valence electrons. The summed E-state index contributed by atoms with van der Waals surface area (Å²) in [6, 6.07) is 0. The molecular formula is C5H9F3O. The highest BCUT2D eigenvalue weighted by Gasteiger charge is 2.29. The lowest BCUT2D eigenvalue weighted by molar-refractivity contribution is -0.153. The van der Waals surface area contributed by atoms with Gasteiger partial charge in [0.05, 0.1) is 12.5 Å². The molecule has 0 bridgehead atoms. The number of alkyl halides is 3. The summed E-state index contributed by atoms with van der Waals surface area (Å²) in [7, 11) is 0. The lowest BCUT2D eigenvalue weighted by Crippen LogP contribution is -2.18. The van der Waals surface area contributed by atoms with Crippen LogP contribution < -0.4 is 0 Å². The van der Waals surface area contributed by atoms with Crippen molar-refractivity contribution in [1.82, 2.24) is 0 Å². The van der Waals surface area contributed by atoms with Crippen LogP contribution in [0.15, 0.2) is 0 Å². The van der Waals surface area contributed by atoms with E-state index < -0.39 is 18.7 Å². The van der Waals surface area contributed by atoms with Gasteiger partial charge >= 0.3 is 6.18 Å². The van der Waals surface area contributed by atoms with E-state index in [4.69, 9.17) is 5.11 Å². The molecule has 0 radical (unpaired) electrons. The van der Waals surface area contributed by atoms with E-state index in [1.165, 1.54) is 6.92 Å². The highest BCUT2D eigenvalue weighted by atomic mass is 19.4. The van der Waals surface area contributed by atoms with Gasteiger partial charge in [0.15, 0.2) is 0 Å². The first-order chi connectivity index (χ1) is 3.95. The maximum Gasteiger partial charge on any atom is 0.391 e. The lowest BCUT2D eigenvalue weighted by Gasteiger charge is -2.09. The summed E-state index contributed by atoms with van der Waals surface area (Å²) in [6.45, 7) is 1.51. The van der Waals surface area contributed by atoms with Crippen LogP contribution in [0, 0.1) is 0 Å². The zero-order valence-electron chi connectivity index (χ0n) is 5.07. The van der Waals surface area contributed by atoms with Crippen LogP contribution in [0.25, 0.3) is 0 Å². The first kappa shape index (κ1) is 8.75. The second kappa shape index (κ2) is 3.06. The standard InChI is InChI=1S/C5H9F3O/c1-2-4(9)3-5(6,7)8/h4,9H,2-3H2,1H3/t4-/m1/s1. The Labute approximate surface area is 51.5 Å². The predicted molar refractivity (Wildman–Crippen MR) is 27.0 cm³/mol. The van der Waals surface area contributed by atoms with Crippen LogP contribution in [0.2, 0.25) is 0 Å². The summed E-state index contributed by atoms with van der Waals surface area (Å²) >= 11 is 0. The van der Waals surface area contributed by atoms with Crippen LogP contribution in [-0.2, 0) is 0 Å². The third-order valence-corrected chi connectivity index (χ3v) is 0.938. The molecule has 1 atom stereocenters. The Morgan fingerprint density at radius 1 is 1.44 bits per heavy atom. The van der Waals surface area contributed by atoms with Crippen molar-refractivity contribution in [3.8, 4) is 0 Å². The summed E-state index contributed by atoms with van der Waals surface area (Å²) in [6.07, 6.45) is -6.40. The quantitative estimate of drug-likeness (QED) is 0.622. The van der Waals surface area contributed by atoms with Crippen LogP contribution in [0.4, 0.5) is 13.2 Å². The molecule has 1 N–H and O–H groups in total. The van der Waals surface area contributed by atoms with Crippen LogP contribution in [-0.4, -0.2) is 17.4 Å². The molecule has 4 heteroatoms. The average Bonchev–Trinajstić information content (AvgIpc) is 1.62. The Balaban J connectivity index is 3.47. The minimum atomic E-state index is -4.23. The normalized spacial score (nSPS) is 15.7. The fraction of sp³-hybridized carbons (Fsp3) is 1.00. The molecular weight excluding hydrogens is 133 g/mol. The van der Waals surface area contributed by atoms with E-state index in [0.29, 0.717) is 0 Å². The first-order valence-corrected chi connectivity index (χ1v) is 2.70. The van der Waals surface area contributed by atoms with Gasteiger partial charge in [-0.2, -0.15) is 13.2 Å².